The maximum atomic E-state index is 10.6. The average molecular weight is 284 g/mol. The van der Waals surface area contributed by atoms with Crippen molar-refractivity contribution in [2.24, 2.45) is 0 Å². The van der Waals surface area contributed by atoms with Crippen LogP contribution in [0.2, 0.25) is 0 Å². The van der Waals surface area contributed by atoms with Crippen LogP contribution >= 0.6 is 0 Å². The van der Waals surface area contributed by atoms with E-state index in [0.717, 1.165) is 6.42 Å². The Hall–Kier alpha value is -0.0800. The molecule has 1 fully saturated rings. The predicted octanol–water partition coefficient (Wildman–Crippen LogP) is 4.75. The molecule has 20 heavy (non-hydrogen) atoms. The quantitative estimate of drug-likeness (QED) is 0.553. The lowest BCUT2D eigenvalue weighted by atomic mass is 9.86. The number of rotatable bonds is 11. The molecule has 1 aliphatic carbocycles. The van der Waals surface area contributed by atoms with Crippen molar-refractivity contribution in [2.45, 2.75) is 102 Å². The minimum absolute atomic E-state index is 0.0845. The molecule has 0 radical (unpaired) electrons. The highest BCUT2D eigenvalue weighted by Gasteiger charge is 2.41. The lowest BCUT2D eigenvalue weighted by Crippen LogP contribution is -2.51. The summed E-state index contributed by atoms with van der Waals surface area (Å²) >= 11 is 0. The molecule has 1 unspecified atom stereocenters. The monoisotopic (exact) mass is 283 g/mol. The third-order valence-electron chi connectivity index (χ3n) is 5.31. The van der Waals surface area contributed by atoms with Crippen LogP contribution in [0.25, 0.3) is 0 Å². The molecule has 0 aliphatic heterocycles. The largest absolute Gasteiger partial charge is 0.391 e. The molecule has 0 saturated heterocycles. The number of aliphatic hydroxyl groups excluding tert-OH is 1. The van der Waals surface area contributed by atoms with E-state index >= 15 is 0 Å². The van der Waals surface area contributed by atoms with E-state index in [1.807, 2.05) is 0 Å². The van der Waals surface area contributed by atoms with Crippen LogP contribution in [0, 0.1) is 0 Å². The maximum absolute atomic E-state index is 10.6. The average Bonchev–Trinajstić information content (AvgIpc) is 2.92. The van der Waals surface area contributed by atoms with Crippen LogP contribution in [-0.2, 0) is 0 Å². The Kier molecular flexibility index (Phi) is 8.79. The molecule has 1 saturated carbocycles. The maximum Gasteiger partial charge on any atom is 0.0723 e. The summed E-state index contributed by atoms with van der Waals surface area (Å²) in [6.45, 7) is 2.27. The second-order valence-corrected chi connectivity index (χ2v) is 6.98. The van der Waals surface area contributed by atoms with Crippen LogP contribution in [0.4, 0.5) is 0 Å². The number of hydrogen-bond donors (Lipinski definition) is 1. The highest BCUT2D eigenvalue weighted by atomic mass is 16.3. The van der Waals surface area contributed by atoms with Gasteiger partial charge in [0.25, 0.3) is 0 Å². The topological polar surface area (TPSA) is 23.5 Å². The van der Waals surface area contributed by atoms with Gasteiger partial charge in [-0.3, -0.25) is 0 Å². The summed E-state index contributed by atoms with van der Waals surface area (Å²) in [6, 6.07) is 0. The number of aliphatic hydroxyl groups is 1. The Balaban J connectivity index is 2.11. The minimum Gasteiger partial charge on any atom is -0.391 e. The fraction of sp³-hybridized carbons (Fsp3) is 1.00. The second-order valence-electron chi connectivity index (χ2n) is 6.98. The highest BCUT2D eigenvalue weighted by Crippen LogP contribution is 2.38. The summed E-state index contributed by atoms with van der Waals surface area (Å²) in [5.74, 6) is 0. The van der Waals surface area contributed by atoms with Gasteiger partial charge in [-0.05, 0) is 33.4 Å². The van der Waals surface area contributed by atoms with Crippen molar-refractivity contribution in [3.8, 4) is 0 Å². The normalized spacial score (nSPS) is 19.6. The van der Waals surface area contributed by atoms with Crippen molar-refractivity contribution in [1.82, 2.24) is 4.90 Å². The summed E-state index contributed by atoms with van der Waals surface area (Å²) in [7, 11) is 4.28. The molecule has 1 aliphatic rings. The van der Waals surface area contributed by atoms with Gasteiger partial charge in [0.2, 0.25) is 0 Å². The van der Waals surface area contributed by atoms with E-state index in [1.54, 1.807) is 0 Å². The van der Waals surface area contributed by atoms with Gasteiger partial charge >= 0.3 is 0 Å². The number of hydrogen-bond acceptors (Lipinski definition) is 2. The van der Waals surface area contributed by atoms with Gasteiger partial charge in [-0.2, -0.15) is 0 Å². The van der Waals surface area contributed by atoms with Crippen LogP contribution < -0.4 is 0 Å². The van der Waals surface area contributed by atoms with E-state index in [1.165, 1.54) is 77.0 Å². The molecular formula is C18H37NO. The lowest BCUT2D eigenvalue weighted by molar-refractivity contribution is -0.00914. The van der Waals surface area contributed by atoms with E-state index in [2.05, 4.69) is 25.9 Å². The molecule has 0 aromatic heterocycles. The Morgan fingerprint density at radius 2 is 1.40 bits per heavy atom. The van der Waals surface area contributed by atoms with Crippen LogP contribution in [-0.4, -0.2) is 35.7 Å². The molecule has 1 N–H and O–H groups in total. The van der Waals surface area contributed by atoms with Gasteiger partial charge in [0.05, 0.1) is 6.10 Å². The first-order valence-electron chi connectivity index (χ1n) is 8.99. The highest BCUT2D eigenvalue weighted by molar-refractivity contribution is 4.98. The summed E-state index contributed by atoms with van der Waals surface area (Å²) in [5.41, 5.74) is 0.0845. The molecule has 0 aromatic rings. The molecule has 0 bridgehead atoms. The number of nitrogens with zero attached hydrogens (tertiary/aromatic N) is 1. The zero-order valence-corrected chi connectivity index (χ0v) is 14.2. The van der Waals surface area contributed by atoms with Gasteiger partial charge in [-0.25, -0.2) is 0 Å². The zero-order valence-electron chi connectivity index (χ0n) is 14.2. The third kappa shape index (κ3) is 5.37. The number of likely N-dealkylation sites (N-methyl/N-ethyl adjacent to an activating group) is 1. The van der Waals surface area contributed by atoms with Gasteiger partial charge in [0.15, 0.2) is 0 Å². The summed E-state index contributed by atoms with van der Waals surface area (Å²) < 4.78 is 0. The molecular weight excluding hydrogens is 246 g/mol. The molecule has 0 amide bonds. The van der Waals surface area contributed by atoms with Crippen molar-refractivity contribution in [3.63, 3.8) is 0 Å². The number of unbranched alkanes of at least 4 members (excludes halogenated alkanes) is 7. The fourth-order valence-corrected chi connectivity index (χ4v) is 3.81. The van der Waals surface area contributed by atoms with E-state index < -0.39 is 0 Å². The Morgan fingerprint density at radius 3 is 1.90 bits per heavy atom. The van der Waals surface area contributed by atoms with Crippen LogP contribution in [0.3, 0.4) is 0 Å². The molecule has 1 rings (SSSR count). The zero-order chi connectivity index (χ0) is 14.8. The predicted molar refractivity (Wildman–Crippen MR) is 88.1 cm³/mol. The fourth-order valence-electron chi connectivity index (χ4n) is 3.81. The summed E-state index contributed by atoms with van der Waals surface area (Å²) in [5, 5.41) is 10.6. The molecule has 120 valence electrons. The van der Waals surface area contributed by atoms with E-state index in [0.29, 0.717) is 0 Å². The first kappa shape index (κ1) is 18.0. The first-order valence-corrected chi connectivity index (χ1v) is 8.99. The van der Waals surface area contributed by atoms with E-state index in [-0.39, 0.29) is 11.6 Å². The van der Waals surface area contributed by atoms with Gasteiger partial charge < -0.3 is 10.0 Å². The van der Waals surface area contributed by atoms with Gasteiger partial charge in [-0.15, -0.1) is 0 Å². The van der Waals surface area contributed by atoms with Crippen molar-refractivity contribution in [2.75, 3.05) is 14.1 Å². The van der Waals surface area contributed by atoms with Crippen LogP contribution in [0.1, 0.15) is 90.4 Å². The van der Waals surface area contributed by atoms with E-state index in [4.69, 9.17) is 0 Å². The van der Waals surface area contributed by atoms with Crippen molar-refractivity contribution in [3.05, 3.63) is 0 Å². The van der Waals surface area contributed by atoms with Gasteiger partial charge in [0, 0.05) is 5.54 Å². The van der Waals surface area contributed by atoms with Crippen LogP contribution in [0.15, 0.2) is 0 Å². The lowest BCUT2D eigenvalue weighted by Gasteiger charge is -2.40. The second kappa shape index (κ2) is 9.78. The molecule has 0 heterocycles. The SMILES string of the molecule is CCCCCCCCCCC(O)C1(N(C)C)CCCC1. The Morgan fingerprint density at radius 1 is 0.900 bits per heavy atom. The van der Waals surface area contributed by atoms with Crippen molar-refractivity contribution >= 4 is 0 Å². The molecule has 1 atom stereocenters. The third-order valence-corrected chi connectivity index (χ3v) is 5.31. The smallest absolute Gasteiger partial charge is 0.0723 e. The molecule has 2 heteroatoms. The van der Waals surface area contributed by atoms with Gasteiger partial charge in [0.1, 0.15) is 0 Å². The first-order chi connectivity index (χ1) is 9.63. The molecule has 2 nitrogen and oxygen atoms in total. The minimum atomic E-state index is -0.125. The Bertz CT molecular complexity index is 234. The van der Waals surface area contributed by atoms with Crippen LogP contribution in [0.5, 0.6) is 0 Å². The van der Waals surface area contributed by atoms with E-state index in [9.17, 15) is 5.11 Å². The Labute approximate surface area is 126 Å². The van der Waals surface area contributed by atoms with Crippen molar-refractivity contribution in [1.29, 1.82) is 0 Å². The molecule has 0 spiro atoms. The van der Waals surface area contributed by atoms with Gasteiger partial charge in [-0.1, -0.05) is 71.1 Å². The summed E-state index contributed by atoms with van der Waals surface area (Å²) in [6.07, 6.45) is 16.6. The summed E-state index contributed by atoms with van der Waals surface area (Å²) in [4.78, 5) is 2.29. The molecule has 0 aromatic carbocycles. The van der Waals surface area contributed by atoms with Crippen molar-refractivity contribution < 1.29 is 5.11 Å². The standard InChI is InChI=1S/C18H37NO/c1-4-5-6-7-8-9-10-11-14-17(20)18(19(2)3)15-12-13-16-18/h17,20H,4-16H2,1-3H3.